The Bertz CT molecular complexity index is 297. The number of aromatic nitrogens is 1. The number of carbonyl (C=O) groups excluding carboxylic acids is 1. The molecule has 70 valence electrons. The number of hydrogen-bond donors (Lipinski definition) is 2. The molecule has 0 spiro atoms. The molecular weight excluding hydrogens is 192 g/mol. The van der Waals surface area contributed by atoms with Crippen LogP contribution in [0.4, 0.5) is 0 Å². The van der Waals surface area contributed by atoms with Crippen LogP contribution in [0.3, 0.4) is 0 Å². The fraction of sp³-hybridized carbons (Fsp3) is 0.286. The summed E-state index contributed by atoms with van der Waals surface area (Å²) < 4.78 is 3.82. The highest BCUT2D eigenvalue weighted by molar-refractivity contribution is 7.05. The van der Waals surface area contributed by atoms with Gasteiger partial charge in [0.25, 0.3) is 0 Å². The molecule has 0 aliphatic carbocycles. The third-order valence-electron chi connectivity index (χ3n) is 1.26. The molecule has 0 unspecified atom stereocenters. The van der Waals surface area contributed by atoms with E-state index in [0.29, 0.717) is 0 Å². The van der Waals surface area contributed by atoms with E-state index in [4.69, 9.17) is 5.11 Å². The van der Waals surface area contributed by atoms with Crippen LogP contribution in [0, 0.1) is 0 Å². The van der Waals surface area contributed by atoms with Gasteiger partial charge in [0.1, 0.15) is 6.54 Å². The van der Waals surface area contributed by atoms with Crippen LogP contribution in [0.25, 0.3) is 0 Å². The molecule has 1 aromatic heterocycles. The number of hydrogen-bond acceptors (Lipinski definition) is 4. The minimum Gasteiger partial charge on any atom is -0.480 e. The number of nitrogens with zero attached hydrogens (tertiary/aromatic N) is 1. The van der Waals surface area contributed by atoms with Crippen molar-refractivity contribution >= 4 is 23.4 Å². The summed E-state index contributed by atoms with van der Waals surface area (Å²) in [6.45, 7) is -0.336. The van der Waals surface area contributed by atoms with E-state index < -0.39 is 5.97 Å². The Kier molecular flexibility index (Phi) is 3.39. The Balaban J connectivity index is 2.30. The summed E-state index contributed by atoms with van der Waals surface area (Å²) in [6.07, 6.45) is 1.79. The maximum absolute atomic E-state index is 11.0. The van der Waals surface area contributed by atoms with Gasteiger partial charge < -0.3 is 10.4 Å². The normalized spacial score (nSPS) is 9.54. The summed E-state index contributed by atoms with van der Waals surface area (Å²) >= 11 is 1.23. The van der Waals surface area contributed by atoms with Crippen LogP contribution in [-0.4, -0.2) is 27.9 Å². The van der Waals surface area contributed by atoms with E-state index in [1.54, 1.807) is 12.3 Å². The van der Waals surface area contributed by atoms with Gasteiger partial charge in [0.05, 0.1) is 6.42 Å². The van der Waals surface area contributed by atoms with E-state index in [2.05, 4.69) is 9.69 Å². The van der Waals surface area contributed by atoms with Crippen molar-refractivity contribution in [3.63, 3.8) is 0 Å². The van der Waals surface area contributed by atoms with Gasteiger partial charge in [-0.3, -0.25) is 9.59 Å². The van der Waals surface area contributed by atoms with Crippen LogP contribution in [0.15, 0.2) is 12.3 Å². The largest absolute Gasteiger partial charge is 0.480 e. The lowest BCUT2D eigenvalue weighted by Gasteiger charge is -1.98. The molecule has 0 atom stereocenters. The molecule has 0 bridgehead atoms. The molecule has 0 aliphatic heterocycles. The minimum absolute atomic E-state index is 0.192. The molecule has 13 heavy (non-hydrogen) atoms. The highest BCUT2D eigenvalue weighted by Gasteiger charge is 2.05. The van der Waals surface area contributed by atoms with Crippen LogP contribution in [0.2, 0.25) is 0 Å². The van der Waals surface area contributed by atoms with Gasteiger partial charge >= 0.3 is 5.97 Å². The first-order valence-corrected chi connectivity index (χ1v) is 4.34. The molecule has 0 aromatic carbocycles. The number of carboxylic acid groups (broad SMARTS) is 1. The van der Waals surface area contributed by atoms with E-state index in [9.17, 15) is 9.59 Å². The molecule has 0 saturated heterocycles. The Morgan fingerprint density at radius 2 is 2.38 bits per heavy atom. The summed E-state index contributed by atoms with van der Waals surface area (Å²) in [4.78, 5) is 21.9. The predicted octanol–water partition coefficient (Wildman–Crippen LogP) is -0.114. The molecule has 6 heteroatoms. The van der Waals surface area contributed by atoms with E-state index in [0.717, 1.165) is 4.88 Å². The zero-order chi connectivity index (χ0) is 9.68. The molecule has 1 aromatic rings. The average Bonchev–Trinajstić information content (AvgIpc) is 2.53. The fourth-order valence-corrected chi connectivity index (χ4v) is 1.30. The monoisotopic (exact) mass is 200 g/mol. The molecule has 1 heterocycles. The third kappa shape index (κ3) is 3.66. The quantitative estimate of drug-likeness (QED) is 0.710. The maximum Gasteiger partial charge on any atom is 0.322 e. The van der Waals surface area contributed by atoms with Crippen molar-refractivity contribution in [3.8, 4) is 0 Å². The smallest absolute Gasteiger partial charge is 0.322 e. The standard InChI is InChI=1S/C7H8N2O3S/c10-6(8-4-7(11)12)3-5-1-2-9-13-5/h1-2H,3-4H2,(H,8,10)(H,11,12). The first-order valence-electron chi connectivity index (χ1n) is 3.56. The van der Waals surface area contributed by atoms with Crippen LogP contribution < -0.4 is 5.32 Å². The summed E-state index contributed by atoms with van der Waals surface area (Å²) in [6, 6.07) is 1.73. The van der Waals surface area contributed by atoms with Crippen molar-refractivity contribution in [1.82, 2.24) is 9.69 Å². The molecular formula is C7H8N2O3S. The molecule has 1 amide bonds. The third-order valence-corrected chi connectivity index (χ3v) is 2.00. The van der Waals surface area contributed by atoms with Crippen LogP contribution in [-0.2, 0) is 16.0 Å². The van der Waals surface area contributed by atoms with Gasteiger partial charge in [0, 0.05) is 11.1 Å². The Hall–Kier alpha value is -1.43. The van der Waals surface area contributed by atoms with Crippen molar-refractivity contribution in [1.29, 1.82) is 0 Å². The van der Waals surface area contributed by atoms with E-state index in [1.165, 1.54) is 11.5 Å². The SMILES string of the molecule is O=C(O)CNC(=O)Cc1ccns1. The first kappa shape index (κ1) is 9.66. The van der Waals surface area contributed by atoms with E-state index >= 15 is 0 Å². The molecule has 0 radical (unpaired) electrons. The molecule has 0 fully saturated rings. The predicted molar refractivity (Wildman–Crippen MR) is 46.5 cm³/mol. The van der Waals surface area contributed by atoms with Crippen molar-refractivity contribution < 1.29 is 14.7 Å². The topological polar surface area (TPSA) is 79.3 Å². The zero-order valence-corrected chi connectivity index (χ0v) is 7.50. The van der Waals surface area contributed by atoms with Crippen LogP contribution in [0.1, 0.15) is 4.88 Å². The molecule has 0 saturated carbocycles. The van der Waals surface area contributed by atoms with Crippen molar-refractivity contribution in [3.05, 3.63) is 17.1 Å². The fourth-order valence-electron chi connectivity index (χ4n) is 0.728. The lowest BCUT2D eigenvalue weighted by atomic mass is 10.3. The number of carboxylic acids is 1. The minimum atomic E-state index is -1.04. The molecule has 1 rings (SSSR count). The second-order valence-corrected chi connectivity index (χ2v) is 3.24. The highest BCUT2D eigenvalue weighted by Crippen LogP contribution is 2.04. The molecule has 2 N–H and O–H groups in total. The van der Waals surface area contributed by atoms with E-state index in [1.807, 2.05) is 0 Å². The van der Waals surface area contributed by atoms with Gasteiger partial charge in [-0.05, 0) is 17.6 Å². The second kappa shape index (κ2) is 4.56. The van der Waals surface area contributed by atoms with Crippen LogP contribution in [0.5, 0.6) is 0 Å². The number of aliphatic carboxylic acids is 1. The van der Waals surface area contributed by atoms with Gasteiger partial charge in [0.2, 0.25) is 5.91 Å². The van der Waals surface area contributed by atoms with Crippen LogP contribution >= 0.6 is 11.5 Å². The van der Waals surface area contributed by atoms with Gasteiger partial charge in [-0.2, -0.15) is 0 Å². The van der Waals surface area contributed by atoms with Gasteiger partial charge in [-0.1, -0.05) is 0 Å². The number of nitrogens with one attached hydrogen (secondary N) is 1. The zero-order valence-electron chi connectivity index (χ0n) is 6.69. The highest BCUT2D eigenvalue weighted by atomic mass is 32.1. The van der Waals surface area contributed by atoms with Gasteiger partial charge in [-0.25, -0.2) is 4.37 Å². The molecule has 5 nitrogen and oxygen atoms in total. The number of amides is 1. The number of rotatable bonds is 4. The molecule has 0 aliphatic rings. The lowest BCUT2D eigenvalue weighted by Crippen LogP contribution is -2.30. The summed E-state index contributed by atoms with van der Waals surface area (Å²) in [5, 5.41) is 10.5. The van der Waals surface area contributed by atoms with Crippen molar-refractivity contribution in [2.45, 2.75) is 6.42 Å². The Labute approximate surface area is 78.6 Å². The lowest BCUT2D eigenvalue weighted by molar-refractivity contribution is -0.137. The first-order chi connectivity index (χ1) is 6.18. The average molecular weight is 200 g/mol. The Morgan fingerprint density at radius 1 is 1.62 bits per heavy atom. The second-order valence-electron chi connectivity index (χ2n) is 2.33. The van der Waals surface area contributed by atoms with Gasteiger partial charge in [0.15, 0.2) is 0 Å². The summed E-state index contributed by atoms with van der Waals surface area (Å²) in [5.74, 6) is -1.34. The maximum atomic E-state index is 11.0. The summed E-state index contributed by atoms with van der Waals surface area (Å²) in [5.41, 5.74) is 0. The number of carbonyl (C=O) groups is 2. The Morgan fingerprint density at radius 3 is 2.92 bits per heavy atom. The summed E-state index contributed by atoms with van der Waals surface area (Å²) in [7, 11) is 0. The van der Waals surface area contributed by atoms with Crippen molar-refractivity contribution in [2.75, 3.05) is 6.54 Å². The van der Waals surface area contributed by atoms with Gasteiger partial charge in [-0.15, -0.1) is 0 Å². The van der Waals surface area contributed by atoms with E-state index in [-0.39, 0.29) is 18.9 Å². The van der Waals surface area contributed by atoms with Crippen molar-refractivity contribution in [2.24, 2.45) is 0 Å².